The van der Waals surface area contributed by atoms with Crippen LogP contribution in [0, 0.1) is 11.6 Å². The van der Waals surface area contributed by atoms with Gasteiger partial charge in [-0.25, -0.2) is 13.7 Å². The summed E-state index contributed by atoms with van der Waals surface area (Å²) in [5, 5.41) is 1.83. The summed E-state index contributed by atoms with van der Waals surface area (Å²) in [7, 11) is 3.87. The van der Waals surface area contributed by atoms with Crippen LogP contribution in [0.4, 0.5) is 14.5 Å². The molecule has 1 aromatic carbocycles. The number of imide groups is 1. The van der Waals surface area contributed by atoms with Crippen molar-refractivity contribution in [2.24, 2.45) is 0 Å². The summed E-state index contributed by atoms with van der Waals surface area (Å²) < 4.78 is 27.8. The van der Waals surface area contributed by atoms with Crippen LogP contribution in [0.1, 0.15) is 17.7 Å². The first-order chi connectivity index (χ1) is 13.9. The maximum atomic E-state index is 14.4. The molecule has 29 heavy (non-hydrogen) atoms. The standard InChI is InChI=1S/C21H21F2N3O2S/c1-24-9-7-14(8-10-24)25(2)19-18(17-4-3-11-29-17)20(27)26(21(19)28)16-6-5-13(22)12-15(16)23/h3-6,11-12,14H,7-10H2,1-2H3. The highest BCUT2D eigenvalue weighted by Gasteiger charge is 2.44. The minimum Gasteiger partial charge on any atom is -0.366 e. The predicted octanol–water partition coefficient (Wildman–Crippen LogP) is 3.34. The van der Waals surface area contributed by atoms with Gasteiger partial charge in [-0.1, -0.05) is 6.07 Å². The molecular formula is C21H21F2N3O2S. The quantitative estimate of drug-likeness (QED) is 0.716. The van der Waals surface area contributed by atoms with Gasteiger partial charge in [0.15, 0.2) is 0 Å². The average Bonchev–Trinajstić information content (AvgIpc) is 3.29. The second kappa shape index (κ2) is 7.68. The van der Waals surface area contributed by atoms with Crippen molar-refractivity contribution >= 4 is 34.4 Å². The van der Waals surface area contributed by atoms with E-state index in [9.17, 15) is 18.4 Å². The number of benzene rings is 1. The van der Waals surface area contributed by atoms with Gasteiger partial charge in [-0.2, -0.15) is 0 Å². The molecule has 8 heteroatoms. The molecule has 1 fully saturated rings. The summed E-state index contributed by atoms with van der Waals surface area (Å²) in [4.78, 5) is 32.2. The Morgan fingerprint density at radius 3 is 2.45 bits per heavy atom. The summed E-state index contributed by atoms with van der Waals surface area (Å²) in [5.74, 6) is -2.87. The average molecular weight is 417 g/mol. The van der Waals surface area contributed by atoms with Crippen molar-refractivity contribution in [2.75, 3.05) is 32.1 Å². The van der Waals surface area contributed by atoms with Crippen molar-refractivity contribution in [3.8, 4) is 0 Å². The number of hydrogen-bond acceptors (Lipinski definition) is 5. The Balaban J connectivity index is 1.77. The Bertz CT molecular complexity index is 982. The molecule has 3 heterocycles. The summed E-state index contributed by atoms with van der Waals surface area (Å²) in [5.41, 5.74) is 0.313. The molecule has 2 aliphatic heterocycles. The number of carbonyl (C=O) groups excluding carboxylic acids is 2. The molecule has 2 aromatic rings. The Hall–Kier alpha value is -2.58. The van der Waals surface area contributed by atoms with Crippen LogP contribution < -0.4 is 4.90 Å². The first-order valence-corrected chi connectivity index (χ1v) is 10.3. The number of piperidine rings is 1. The van der Waals surface area contributed by atoms with E-state index in [1.807, 2.05) is 17.3 Å². The highest BCUT2D eigenvalue weighted by Crippen LogP contribution is 2.38. The third-order valence-corrected chi connectivity index (χ3v) is 6.45. The SMILES string of the molecule is CN1CCC(N(C)C2=C(c3cccs3)C(=O)N(c3ccc(F)cc3F)C2=O)CC1. The number of rotatable bonds is 4. The molecule has 1 aromatic heterocycles. The number of thiophene rings is 1. The number of likely N-dealkylation sites (tertiary alicyclic amines) is 1. The lowest BCUT2D eigenvalue weighted by atomic mass is 10.0. The molecule has 2 amide bonds. The van der Waals surface area contributed by atoms with Crippen molar-refractivity contribution < 1.29 is 18.4 Å². The predicted molar refractivity (Wildman–Crippen MR) is 108 cm³/mol. The summed E-state index contributed by atoms with van der Waals surface area (Å²) in [6.07, 6.45) is 1.72. The maximum Gasteiger partial charge on any atom is 0.282 e. The van der Waals surface area contributed by atoms with Gasteiger partial charge < -0.3 is 9.80 Å². The molecule has 0 atom stereocenters. The number of anilines is 1. The second-order valence-corrected chi connectivity index (χ2v) is 8.34. The van der Waals surface area contributed by atoms with Crippen LogP contribution in [0.5, 0.6) is 0 Å². The van der Waals surface area contributed by atoms with Gasteiger partial charge in [0, 0.05) is 24.0 Å². The van der Waals surface area contributed by atoms with Crippen molar-refractivity contribution in [3.05, 3.63) is 57.9 Å². The number of nitrogens with zero attached hydrogens (tertiary/aromatic N) is 3. The second-order valence-electron chi connectivity index (χ2n) is 7.39. The highest BCUT2D eigenvalue weighted by atomic mass is 32.1. The van der Waals surface area contributed by atoms with Gasteiger partial charge >= 0.3 is 0 Å². The first kappa shape index (κ1) is 19.7. The van der Waals surface area contributed by atoms with E-state index in [-0.39, 0.29) is 23.0 Å². The number of likely N-dealkylation sites (N-methyl/N-ethyl adjacent to an activating group) is 1. The fourth-order valence-corrected chi connectivity index (χ4v) is 4.70. The van der Waals surface area contributed by atoms with Gasteiger partial charge in [0.1, 0.15) is 17.3 Å². The smallest absolute Gasteiger partial charge is 0.282 e. The van der Waals surface area contributed by atoms with Crippen molar-refractivity contribution in [1.82, 2.24) is 9.80 Å². The van der Waals surface area contributed by atoms with Gasteiger partial charge in [-0.15, -0.1) is 11.3 Å². The molecule has 152 valence electrons. The zero-order valence-electron chi connectivity index (χ0n) is 16.2. The van der Waals surface area contributed by atoms with E-state index < -0.39 is 23.4 Å². The maximum absolute atomic E-state index is 14.4. The van der Waals surface area contributed by atoms with E-state index >= 15 is 0 Å². The van der Waals surface area contributed by atoms with Crippen LogP contribution in [-0.4, -0.2) is 54.8 Å². The third kappa shape index (κ3) is 3.47. The molecule has 5 nitrogen and oxygen atoms in total. The topological polar surface area (TPSA) is 43.9 Å². The van der Waals surface area contributed by atoms with Gasteiger partial charge in [0.2, 0.25) is 0 Å². The monoisotopic (exact) mass is 417 g/mol. The van der Waals surface area contributed by atoms with Gasteiger partial charge in [0.05, 0.1) is 11.3 Å². The Kier molecular flexibility index (Phi) is 5.23. The number of hydrogen-bond donors (Lipinski definition) is 0. The number of carbonyl (C=O) groups is 2. The molecular weight excluding hydrogens is 396 g/mol. The lowest BCUT2D eigenvalue weighted by Gasteiger charge is -2.36. The molecule has 0 unspecified atom stereocenters. The van der Waals surface area contributed by atoms with Crippen LogP contribution in [0.25, 0.3) is 5.57 Å². The summed E-state index contributed by atoms with van der Waals surface area (Å²) in [6, 6.07) is 6.54. The fourth-order valence-electron chi connectivity index (χ4n) is 3.93. The minimum atomic E-state index is -0.944. The lowest BCUT2D eigenvalue weighted by molar-refractivity contribution is -0.120. The van der Waals surface area contributed by atoms with Crippen molar-refractivity contribution in [1.29, 1.82) is 0 Å². The Morgan fingerprint density at radius 2 is 1.83 bits per heavy atom. The van der Waals surface area contributed by atoms with Crippen molar-refractivity contribution in [3.63, 3.8) is 0 Å². The Labute approximate surface area is 171 Å². The van der Waals surface area contributed by atoms with Crippen LogP contribution >= 0.6 is 11.3 Å². The summed E-state index contributed by atoms with van der Waals surface area (Å²) >= 11 is 1.35. The van der Waals surface area contributed by atoms with E-state index in [2.05, 4.69) is 11.9 Å². The van der Waals surface area contributed by atoms with Crippen molar-refractivity contribution in [2.45, 2.75) is 18.9 Å². The first-order valence-electron chi connectivity index (χ1n) is 9.42. The van der Waals surface area contributed by atoms with Crippen LogP contribution in [0.3, 0.4) is 0 Å². The Morgan fingerprint density at radius 1 is 1.10 bits per heavy atom. The number of halogens is 2. The molecule has 0 N–H and O–H groups in total. The molecule has 2 aliphatic rings. The zero-order valence-corrected chi connectivity index (χ0v) is 17.0. The molecule has 0 radical (unpaired) electrons. The third-order valence-electron chi connectivity index (χ3n) is 5.57. The lowest BCUT2D eigenvalue weighted by Crippen LogP contribution is -2.43. The largest absolute Gasteiger partial charge is 0.366 e. The molecule has 1 saturated heterocycles. The normalized spacial score (nSPS) is 18.8. The molecule has 0 saturated carbocycles. The van der Waals surface area contributed by atoms with E-state index in [1.165, 1.54) is 11.3 Å². The van der Waals surface area contributed by atoms with Gasteiger partial charge in [-0.05, 0) is 56.6 Å². The van der Waals surface area contributed by atoms with E-state index in [4.69, 9.17) is 0 Å². The van der Waals surface area contributed by atoms with Gasteiger partial charge in [-0.3, -0.25) is 9.59 Å². The molecule has 4 rings (SSSR count). The van der Waals surface area contributed by atoms with Crippen LogP contribution in [0.2, 0.25) is 0 Å². The fraction of sp³-hybridized carbons (Fsp3) is 0.333. The van der Waals surface area contributed by atoms with Crippen LogP contribution in [0.15, 0.2) is 41.4 Å². The highest BCUT2D eigenvalue weighted by molar-refractivity contribution is 7.11. The van der Waals surface area contributed by atoms with E-state index in [1.54, 1.807) is 12.1 Å². The van der Waals surface area contributed by atoms with E-state index in [0.717, 1.165) is 43.0 Å². The van der Waals surface area contributed by atoms with Crippen LogP contribution in [-0.2, 0) is 9.59 Å². The minimum absolute atomic E-state index is 0.103. The zero-order chi connectivity index (χ0) is 20.7. The van der Waals surface area contributed by atoms with E-state index in [0.29, 0.717) is 10.9 Å². The number of amides is 2. The molecule has 0 bridgehead atoms. The summed E-state index contributed by atoms with van der Waals surface area (Å²) in [6.45, 7) is 1.80. The molecule has 0 spiro atoms. The van der Waals surface area contributed by atoms with Gasteiger partial charge in [0.25, 0.3) is 11.8 Å². The molecule has 0 aliphatic carbocycles.